The van der Waals surface area contributed by atoms with Crippen molar-refractivity contribution in [3.8, 4) is 11.4 Å². The molecule has 0 saturated carbocycles. The third-order valence-corrected chi connectivity index (χ3v) is 5.47. The summed E-state index contributed by atoms with van der Waals surface area (Å²) in [5.41, 5.74) is 1.84. The van der Waals surface area contributed by atoms with Gasteiger partial charge in [-0.15, -0.1) is 0 Å². The first-order chi connectivity index (χ1) is 14.1. The van der Waals surface area contributed by atoms with E-state index in [9.17, 15) is 13.6 Å². The van der Waals surface area contributed by atoms with E-state index in [-0.39, 0.29) is 11.8 Å². The van der Waals surface area contributed by atoms with Crippen LogP contribution in [0.4, 0.5) is 8.78 Å². The molecule has 0 bridgehead atoms. The molecule has 1 aliphatic heterocycles. The van der Waals surface area contributed by atoms with Crippen molar-refractivity contribution in [3.05, 3.63) is 71.6 Å². The predicted molar refractivity (Wildman–Crippen MR) is 105 cm³/mol. The lowest BCUT2D eigenvalue weighted by atomic mass is 9.91. The van der Waals surface area contributed by atoms with Crippen LogP contribution in [0.3, 0.4) is 0 Å². The molecule has 4 rings (SSSR count). The Kier molecular flexibility index (Phi) is 5.64. The van der Waals surface area contributed by atoms with Crippen molar-refractivity contribution in [1.29, 1.82) is 0 Å². The second-order valence-electron chi connectivity index (χ2n) is 7.41. The topological polar surface area (TPSA) is 61.9 Å². The molecule has 1 amide bonds. The summed E-state index contributed by atoms with van der Waals surface area (Å²) in [4.78, 5) is 19.2. The Hall–Kier alpha value is -3.09. The molecule has 0 radical (unpaired) electrons. The van der Waals surface area contributed by atoms with Crippen LogP contribution in [-0.4, -0.2) is 39.1 Å². The Morgan fingerprint density at radius 3 is 2.86 bits per heavy atom. The lowest BCUT2D eigenvalue weighted by Gasteiger charge is -2.33. The number of hydrogen-bond acceptors (Lipinski definition) is 3. The van der Waals surface area contributed by atoms with Crippen LogP contribution < -0.4 is 0 Å². The van der Waals surface area contributed by atoms with Crippen molar-refractivity contribution in [1.82, 2.24) is 20.1 Å². The molecular weight excluding hydrogens is 374 g/mol. The Labute approximate surface area is 167 Å². The van der Waals surface area contributed by atoms with Gasteiger partial charge in [0.15, 0.2) is 5.82 Å². The van der Waals surface area contributed by atoms with Crippen LogP contribution in [0.1, 0.15) is 35.2 Å². The van der Waals surface area contributed by atoms with Crippen LogP contribution in [0.2, 0.25) is 0 Å². The predicted octanol–water partition coefficient (Wildman–Crippen LogP) is 4.23. The van der Waals surface area contributed by atoms with E-state index in [2.05, 4.69) is 15.2 Å². The van der Waals surface area contributed by atoms with Crippen LogP contribution in [0.15, 0.2) is 48.8 Å². The Morgan fingerprint density at radius 1 is 1.21 bits per heavy atom. The van der Waals surface area contributed by atoms with Gasteiger partial charge in [0.1, 0.15) is 18.0 Å². The number of amides is 1. The zero-order valence-corrected chi connectivity index (χ0v) is 15.9. The molecule has 1 aromatic heterocycles. The number of halogens is 2. The zero-order valence-electron chi connectivity index (χ0n) is 15.9. The van der Waals surface area contributed by atoms with Crippen LogP contribution in [0.25, 0.3) is 11.4 Å². The molecule has 1 aliphatic rings. The molecule has 7 heteroatoms. The van der Waals surface area contributed by atoms with Gasteiger partial charge in [-0.1, -0.05) is 24.3 Å². The van der Waals surface area contributed by atoms with Crippen LogP contribution in [0, 0.1) is 17.6 Å². The fourth-order valence-corrected chi connectivity index (χ4v) is 3.95. The molecule has 5 nitrogen and oxygen atoms in total. The van der Waals surface area contributed by atoms with Gasteiger partial charge in [0.2, 0.25) is 0 Å². The molecule has 150 valence electrons. The summed E-state index contributed by atoms with van der Waals surface area (Å²) in [7, 11) is 0. The van der Waals surface area contributed by atoms with Crippen LogP contribution in [-0.2, 0) is 6.42 Å². The number of likely N-dealkylation sites (tertiary alicyclic amines) is 1. The summed E-state index contributed by atoms with van der Waals surface area (Å²) in [6, 6.07) is 11.1. The minimum atomic E-state index is -0.564. The highest BCUT2D eigenvalue weighted by atomic mass is 19.1. The van der Waals surface area contributed by atoms with Crippen molar-refractivity contribution in [2.45, 2.75) is 25.7 Å². The second-order valence-corrected chi connectivity index (χ2v) is 7.41. The van der Waals surface area contributed by atoms with Crippen molar-refractivity contribution in [3.63, 3.8) is 0 Å². The monoisotopic (exact) mass is 396 g/mol. The molecule has 3 aromatic rings. The fourth-order valence-electron chi connectivity index (χ4n) is 3.95. The Morgan fingerprint density at radius 2 is 2.07 bits per heavy atom. The van der Waals surface area contributed by atoms with Gasteiger partial charge in [-0.25, -0.2) is 13.8 Å². The van der Waals surface area contributed by atoms with Gasteiger partial charge in [-0.05, 0) is 49.3 Å². The summed E-state index contributed by atoms with van der Waals surface area (Å²) in [6.45, 7) is 1.33. The first-order valence-electron chi connectivity index (χ1n) is 9.80. The summed E-state index contributed by atoms with van der Waals surface area (Å²) < 4.78 is 27.0. The van der Waals surface area contributed by atoms with Crippen LogP contribution in [0.5, 0.6) is 0 Å². The average molecular weight is 396 g/mol. The molecule has 1 saturated heterocycles. The highest BCUT2D eigenvalue weighted by Crippen LogP contribution is 2.26. The molecule has 2 aromatic carbocycles. The van der Waals surface area contributed by atoms with Gasteiger partial charge in [-0.2, -0.15) is 5.10 Å². The van der Waals surface area contributed by atoms with E-state index >= 15 is 0 Å². The standard InChI is InChI=1S/C22H22F2N4O/c23-17-10-9-16(20(24)12-17)8-7-15-4-3-11-28(13-15)22(29)19-6-2-1-5-18(19)21-25-14-26-27-21/h1-2,5-6,9-10,12,14-15H,3-4,7-8,11,13H2,(H,25,26,27). The van der Waals surface area contributed by atoms with E-state index in [4.69, 9.17) is 0 Å². The number of carbonyl (C=O) groups is 1. The SMILES string of the molecule is O=C(c1ccccc1-c1ncn[nH]1)N1CCCC(CCc2ccc(F)cc2F)C1. The number of benzene rings is 2. The van der Waals surface area contributed by atoms with Gasteiger partial charge in [0.25, 0.3) is 5.91 Å². The molecule has 0 aliphatic carbocycles. The molecule has 29 heavy (non-hydrogen) atoms. The van der Waals surface area contributed by atoms with E-state index in [0.29, 0.717) is 36.5 Å². The van der Waals surface area contributed by atoms with E-state index < -0.39 is 11.6 Å². The number of aromatic amines is 1. The van der Waals surface area contributed by atoms with Gasteiger partial charge < -0.3 is 4.90 Å². The Bertz CT molecular complexity index is 990. The highest BCUT2D eigenvalue weighted by molar-refractivity contribution is 6.00. The second kappa shape index (κ2) is 8.51. The third-order valence-electron chi connectivity index (χ3n) is 5.47. The summed E-state index contributed by atoms with van der Waals surface area (Å²) in [6.07, 6.45) is 4.62. The number of rotatable bonds is 5. The number of nitrogens with one attached hydrogen (secondary N) is 1. The fraction of sp³-hybridized carbons (Fsp3) is 0.318. The highest BCUT2D eigenvalue weighted by Gasteiger charge is 2.26. The lowest BCUT2D eigenvalue weighted by Crippen LogP contribution is -2.40. The first-order valence-corrected chi connectivity index (χ1v) is 9.80. The minimum absolute atomic E-state index is 0.0327. The minimum Gasteiger partial charge on any atom is -0.338 e. The molecule has 2 heterocycles. The smallest absolute Gasteiger partial charge is 0.254 e. The van der Waals surface area contributed by atoms with E-state index in [1.54, 1.807) is 6.07 Å². The molecular formula is C22H22F2N4O. The zero-order chi connectivity index (χ0) is 20.2. The van der Waals surface area contributed by atoms with Crippen molar-refractivity contribution in [2.75, 3.05) is 13.1 Å². The largest absolute Gasteiger partial charge is 0.338 e. The van der Waals surface area contributed by atoms with E-state index in [0.717, 1.165) is 30.9 Å². The van der Waals surface area contributed by atoms with Crippen molar-refractivity contribution in [2.24, 2.45) is 5.92 Å². The van der Waals surface area contributed by atoms with Crippen molar-refractivity contribution < 1.29 is 13.6 Å². The normalized spacial score (nSPS) is 16.8. The number of carbonyl (C=O) groups excluding carboxylic acids is 1. The number of H-pyrrole nitrogens is 1. The number of piperidine rings is 1. The van der Waals surface area contributed by atoms with Crippen LogP contribution >= 0.6 is 0 Å². The van der Waals surface area contributed by atoms with Crippen molar-refractivity contribution >= 4 is 5.91 Å². The van der Waals surface area contributed by atoms with Gasteiger partial charge in [0, 0.05) is 24.7 Å². The first kappa shape index (κ1) is 19.2. The molecule has 0 spiro atoms. The number of aromatic nitrogens is 3. The molecule has 1 N–H and O–H groups in total. The van der Waals surface area contributed by atoms with Gasteiger partial charge >= 0.3 is 0 Å². The summed E-state index contributed by atoms with van der Waals surface area (Å²) in [5.74, 6) is -0.251. The van der Waals surface area contributed by atoms with Gasteiger partial charge in [0.05, 0.1) is 5.56 Å². The third kappa shape index (κ3) is 4.34. The maximum atomic E-state index is 13.9. The number of aryl methyl sites for hydroxylation is 1. The number of hydrogen-bond donors (Lipinski definition) is 1. The van der Waals surface area contributed by atoms with E-state index in [1.165, 1.54) is 18.5 Å². The van der Waals surface area contributed by atoms with E-state index in [1.807, 2.05) is 23.1 Å². The lowest BCUT2D eigenvalue weighted by molar-refractivity contribution is 0.0669. The van der Waals surface area contributed by atoms with Gasteiger partial charge in [-0.3, -0.25) is 9.89 Å². The molecule has 1 fully saturated rings. The quantitative estimate of drug-likeness (QED) is 0.702. The Balaban J connectivity index is 1.44. The maximum Gasteiger partial charge on any atom is 0.254 e. The number of nitrogens with zero attached hydrogens (tertiary/aromatic N) is 3. The maximum absolute atomic E-state index is 13.9. The molecule has 1 unspecified atom stereocenters. The summed E-state index contributed by atoms with van der Waals surface area (Å²) >= 11 is 0. The summed E-state index contributed by atoms with van der Waals surface area (Å²) in [5, 5.41) is 6.69. The average Bonchev–Trinajstić information content (AvgIpc) is 3.28. The molecule has 1 atom stereocenters.